The van der Waals surface area contributed by atoms with Crippen LogP contribution < -0.4 is 16.0 Å². The molecule has 1 aromatic rings. The Labute approximate surface area is 216 Å². The van der Waals surface area contributed by atoms with Crippen LogP contribution in [0.1, 0.15) is 46.4 Å². The molecular weight excluding hydrogens is 476 g/mol. The van der Waals surface area contributed by atoms with Crippen LogP contribution in [-0.2, 0) is 14.3 Å². The maximum Gasteiger partial charge on any atom is 0.262 e. The number of hydrogen-bond donors (Lipinski definition) is 3. The van der Waals surface area contributed by atoms with Crippen molar-refractivity contribution in [1.29, 1.82) is 0 Å². The zero-order valence-corrected chi connectivity index (χ0v) is 21.2. The van der Waals surface area contributed by atoms with Crippen LogP contribution in [0.3, 0.4) is 0 Å². The van der Waals surface area contributed by atoms with E-state index in [1.165, 1.54) is 12.8 Å². The number of benzene rings is 1. The Morgan fingerprint density at radius 1 is 0.919 bits per heavy atom. The fourth-order valence-electron chi connectivity index (χ4n) is 5.67. The molecule has 37 heavy (non-hydrogen) atoms. The minimum Gasteiger partial charge on any atom is -0.383 e. The Balaban J connectivity index is 1.02. The number of carbonyl (C=O) groups excluding carboxylic acids is 4. The highest BCUT2D eigenvalue weighted by atomic mass is 16.5. The first-order valence-electron chi connectivity index (χ1n) is 13.4. The van der Waals surface area contributed by atoms with Crippen LogP contribution in [0.2, 0.25) is 0 Å². The van der Waals surface area contributed by atoms with Crippen LogP contribution in [0.5, 0.6) is 0 Å². The Morgan fingerprint density at radius 3 is 2.43 bits per heavy atom. The van der Waals surface area contributed by atoms with Gasteiger partial charge in [-0.3, -0.25) is 39.2 Å². The van der Waals surface area contributed by atoms with Crippen molar-refractivity contribution in [3.05, 3.63) is 29.3 Å². The largest absolute Gasteiger partial charge is 0.383 e. The molecule has 5 rings (SSSR count). The van der Waals surface area contributed by atoms with E-state index < -0.39 is 23.8 Å². The van der Waals surface area contributed by atoms with Gasteiger partial charge in [-0.05, 0) is 50.6 Å². The van der Waals surface area contributed by atoms with E-state index in [-0.39, 0.29) is 29.9 Å². The summed E-state index contributed by atoms with van der Waals surface area (Å²) < 4.78 is 5.82. The summed E-state index contributed by atoms with van der Waals surface area (Å²) in [6.07, 6.45) is 2.75. The molecule has 0 aliphatic carbocycles. The Hall–Kier alpha value is -2.86. The maximum absolute atomic E-state index is 12.9. The van der Waals surface area contributed by atoms with E-state index in [4.69, 9.17) is 4.74 Å². The molecule has 1 unspecified atom stereocenters. The summed E-state index contributed by atoms with van der Waals surface area (Å²) in [5, 5.41) is 8.89. The molecule has 4 heterocycles. The van der Waals surface area contributed by atoms with Gasteiger partial charge < -0.3 is 15.4 Å². The molecule has 4 aliphatic rings. The van der Waals surface area contributed by atoms with Gasteiger partial charge in [-0.25, -0.2) is 0 Å². The van der Waals surface area contributed by atoms with Crippen molar-refractivity contribution in [2.45, 2.75) is 37.8 Å². The van der Waals surface area contributed by atoms with Crippen molar-refractivity contribution in [1.82, 2.24) is 25.3 Å². The summed E-state index contributed by atoms with van der Waals surface area (Å²) in [7, 11) is 0. The van der Waals surface area contributed by atoms with Crippen molar-refractivity contribution in [2.24, 2.45) is 0 Å². The fourth-order valence-corrected chi connectivity index (χ4v) is 5.67. The van der Waals surface area contributed by atoms with E-state index in [1.807, 2.05) is 0 Å². The second-order valence-electron chi connectivity index (χ2n) is 10.1. The lowest BCUT2D eigenvalue weighted by Crippen LogP contribution is -2.54. The monoisotopic (exact) mass is 512 g/mol. The second-order valence-corrected chi connectivity index (χ2v) is 10.1. The first-order valence-corrected chi connectivity index (χ1v) is 13.4. The van der Waals surface area contributed by atoms with Crippen LogP contribution in [-0.4, -0.2) is 116 Å². The minimum atomic E-state index is -0.956. The Morgan fingerprint density at radius 2 is 1.68 bits per heavy atom. The summed E-state index contributed by atoms with van der Waals surface area (Å²) in [6, 6.07) is 4.78. The van der Waals surface area contributed by atoms with Crippen LogP contribution in [0, 0.1) is 0 Å². The van der Waals surface area contributed by atoms with Gasteiger partial charge in [0.15, 0.2) is 0 Å². The van der Waals surface area contributed by atoms with Gasteiger partial charge in [0.2, 0.25) is 11.8 Å². The van der Waals surface area contributed by atoms with Crippen LogP contribution in [0.4, 0.5) is 5.69 Å². The molecule has 3 N–H and O–H groups in total. The molecule has 0 bridgehead atoms. The number of carbonyl (C=O) groups is 4. The number of anilines is 1. The van der Waals surface area contributed by atoms with Crippen molar-refractivity contribution in [3.63, 3.8) is 0 Å². The van der Waals surface area contributed by atoms with Gasteiger partial charge in [0.25, 0.3) is 11.8 Å². The highest BCUT2D eigenvalue weighted by molar-refractivity contribution is 6.23. The van der Waals surface area contributed by atoms with Crippen molar-refractivity contribution < 1.29 is 23.9 Å². The lowest BCUT2D eigenvalue weighted by Gasteiger charge is -2.40. The average Bonchev–Trinajstić information content (AvgIpc) is 3.16. The topological polar surface area (TPSA) is 123 Å². The smallest absolute Gasteiger partial charge is 0.262 e. The fraction of sp³-hybridized carbons (Fsp3) is 0.615. The number of amides is 4. The number of imide groups is 2. The van der Waals surface area contributed by atoms with Crippen molar-refractivity contribution >= 4 is 29.3 Å². The predicted molar refractivity (Wildman–Crippen MR) is 136 cm³/mol. The summed E-state index contributed by atoms with van der Waals surface area (Å²) in [6.45, 7) is 9.40. The van der Waals surface area contributed by atoms with Crippen molar-refractivity contribution in [3.8, 4) is 0 Å². The number of piperidine rings is 2. The molecular formula is C26H36N6O5. The second kappa shape index (κ2) is 11.7. The predicted octanol–water partition coefficient (Wildman–Crippen LogP) is -0.114. The normalized spacial score (nSPS) is 23.9. The molecule has 11 heteroatoms. The number of fused-ring (bicyclic) bond motifs is 1. The maximum atomic E-state index is 12.9. The van der Waals surface area contributed by atoms with Gasteiger partial charge in [-0.15, -0.1) is 0 Å². The molecule has 1 atom stereocenters. The van der Waals surface area contributed by atoms with Gasteiger partial charge in [0.05, 0.1) is 24.3 Å². The molecule has 11 nitrogen and oxygen atoms in total. The van der Waals surface area contributed by atoms with E-state index in [0.29, 0.717) is 25.4 Å². The number of rotatable bonds is 9. The number of nitrogens with one attached hydrogen (secondary N) is 3. The average molecular weight is 513 g/mol. The SMILES string of the molecule is O=C1CCC(N2C(=O)c3ccc(NCCOCCN4CCN(C5CCNCC5)CC4)cc3C2=O)C(=O)N1. The number of nitrogens with zero attached hydrogens (tertiary/aromatic N) is 3. The van der Waals surface area contributed by atoms with Crippen LogP contribution >= 0.6 is 0 Å². The highest BCUT2D eigenvalue weighted by Gasteiger charge is 2.44. The van der Waals surface area contributed by atoms with E-state index in [9.17, 15) is 19.2 Å². The summed E-state index contributed by atoms with van der Waals surface area (Å²) in [4.78, 5) is 55.4. The van der Waals surface area contributed by atoms with Gasteiger partial charge in [-0.2, -0.15) is 0 Å². The molecule has 1 aromatic carbocycles. The lowest BCUT2D eigenvalue weighted by molar-refractivity contribution is -0.136. The third-order valence-electron chi connectivity index (χ3n) is 7.80. The molecule has 0 radical (unpaired) electrons. The first-order chi connectivity index (χ1) is 18.0. The van der Waals surface area contributed by atoms with Gasteiger partial charge in [-0.1, -0.05) is 0 Å². The molecule has 200 valence electrons. The lowest BCUT2D eigenvalue weighted by atomic mass is 10.0. The number of piperazine rings is 1. The molecule has 0 saturated carbocycles. The third-order valence-corrected chi connectivity index (χ3v) is 7.80. The zero-order chi connectivity index (χ0) is 25.8. The zero-order valence-electron chi connectivity index (χ0n) is 21.2. The first kappa shape index (κ1) is 25.8. The van der Waals surface area contributed by atoms with E-state index in [0.717, 1.165) is 56.8 Å². The summed E-state index contributed by atoms with van der Waals surface area (Å²) >= 11 is 0. The van der Waals surface area contributed by atoms with Crippen LogP contribution in [0.15, 0.2) is 18.2 Å². The van der Waals surface area contributed by atoms with Crippen LogP contribution in [0.25, 0.3) is 0 Å². The van der Waals surface area contributed by atoms with E-state index in [1.54, 1.807) is 18.2 Å². The standard InChI is InChI=1S/C26H36N6O5/c33-23-4-3-22(24(34)29-23)32-25(35)20-2-1-18(17-21(20)26(32)36)28-9-15-37-16-14-30-10-12-31(13-11-30)19-5-7-27-8-6-19/h1-2,17,19,22,27-28H,3-16H2,(H,29,33,34). The molecule has 0 spiro atoms. The molecule has 0 aromatic heterocycles. The van der Waals surface area contributed by atoms with E-state index >= 15 is 0 Å². The summed E-state index contributed by atoms with van der Waals surface area (Å²) in [5.41, 5.74) is 1.25. The van der Waals surface area contributed by atoms with Crippen molar-refractivity contribution in [2.75, 3.05) is 70.9 Å². The van der Waals surface area contributed by atoms with Gasteiger partial charge >= 0.3 is 0 Å². The minimum absolute atomic E-state index is 0.102. The molecule has 3 fully saturated rings. The van der Waals surface area contributed by atoms with E-state index in [2.05, 4.69) is 25.8 Å². The Kier molecular flexibility index (Phi) is 8.14. The molecule has 4 amide bonds. The molecule has 4 aliphatic heterocycles. The Bertz CT molecular complexity index is 1030. The number of hydrogen-bond acceptors (Lipinski definition) is 9. The molecule has 3 saturated heterocycles. The number of ether oxygens (including phenoxy) is 1. The third kappa shape index (κ3) is 5.85. The highest BCUT2D eigenvalue weighted by Crippen LogP contribution is 2.29. The quantitative estimate of drug-likeness (QED) is 0.307. The van der Waals surface area contributed by atoms with Gasteiger partial charge in [0.1, 0.15) is 6.04 Å². The summed E-state index contributed by atoms with van der Waals surface area (Å²) in [5.74, 6) is -2.00. The van der Waals surface area contributed by atoms with Gasteiger partial charge in [0, 0.05) is 57.4 Å².